The van der Waals surface area contributed by atoms with E-state index in [1.807, 2.05) is 49.0 Å². The van der Waals surface area contributed by atoms with E-state index in [4.69, 9.17) is 0 Å². The van der Waals surface area contributed by atoms with E-state index >= 15 is 0 Å². The summed E-state index contributed by atoms with van der Waals surface area (Å²) >= 11 is 0. The molecule has 0 radical (unpaired) electrons. The molecule has 5 nitrogen and oxygen atoms in total. The van der Waals surface area contributed by atoms with E-state index in [9.17, 15) is 4.79 Å². The highest BCUT2D eigenvalue weighted by atomic mass is 16.1. The summed E-state index contributed by atoms with van der Waals surface area (Å²) in [5.41, 5.74) is 2.06. The highest BCUT2D eigenvalue weighted by Crippen LogP contribution is 2.20. The number of benzene rings is 1. The van der Waals surface area contributed by atoms with Gasteiger partial charge in [-0.1, -0.05) is 50.1 Å². The molecule has 0 fully saturated rings. The molecule has 1 aromatic carbocycles. The largest absolute Gasteiger partial charge is 0.341 e. The second-order valence-corrected chi connectivity index (χ2v) is 7.06. The number of amides is 1. The van der Waals surface area contributed by atoms with E-state index in [1.165, 1.54) is 0 Å². The molecule has 0 spiro atoms. The third-order valence-electron chi connectivity index (χ3n) is 4.41. The molecule has 0 unspecified atom stereocenters. The number of rotatable bonds is 9. The van der Waals surface area contributed by atoms with Gasteiger partial charge in [0.15, 0.2) is 0 Å². The molecule has 0 aliphatic carbocycles. The number of carbonyl (C=O) groups excluding carboxylic acids is 1. The van der Waals surface area contributed by atoms with Gasteiger partial charge in [-0.05, 0) is 44.7 Å². The molecule has 136 valence electrons. The van der Waals surface area contributed by atoms with Gasteiger partial charge >= 0.3 is 0 Å². The van der Waals surface area contributed by atoms with Crippen molar-refractivity contribution in [3.63, 3.8) is 0 Å². The third-order valence-corrected chi connectivity index (χ3v) is 4.41. The van der Waals surface area contributed by atoms with Gasteiger partial charge in [-0.15, -0.1) is 5.10 Å². The molecule has 1 aromatic heterocycles. The molecular formula is C20H30N4O. The number of unbranched alkanes of at least 4 members (excludes halogenated alkanes) is 2. The number of carbonyl (C=O) groups is 1. The van der Waals surface area contributed by atoms with Crippen LogP contribution in [0.15, 0.2) is 30.5 Å². The maximum atomic E-state index is 12.8. The monoisotopic (exact) mass is 342 g/mol. The minimum Gasteiger partial charge on any atom is -0.341 e. The molecule has 1 N–H and O–H groups in total. The second kappa shape index (κ2) is 8.79. The van der Waals surface area contributed by atoms with Crippen molar-refractivity contribution in [2.24, 2.45) is 0 Å². The summed E-state index contributed by atoms with van der Waals surface area (Å²) in [6, 6.07) is 7.84. The number of aromatic nitrogens is 3. The van der Waals surface area contributed by atoms with Gasteiger partial charge in [0, 0.05) is 12.1 Å². The SMILES string of the molecule is CCCCc1ccccc1C(=O)NC(C)(C)c1cn(CCCC)nn1. The molecule has 0 saturated carbocycles. The van der Waals surface area contributed by atoms with Gasteiger partial charge in [0.1, 0.15) is 5.69 Å². The van der Waals surface area contributed by atoms with Crippen molar-refractivity contribution >= 4 is 5.91 Å². The number of aryl methyl sites for hydroxylation is 2. The normalized spacial score (nSPS) is 11.5. The first-order valence-electron chi connectivity index (χ1n) is 9.29. The topological polar surface area (TPSA) is 59.8 Å². The summed E-state index contributed by atoms with van der Waals surface area (Å²) in [6.45, 7) is 9.10. The number of nitrogens with one attached hydrogen (secondary N) is 1. The Labute approximate surface area is 150 Å². The molecule has 0 aliphatic heterocycles. The minimum absolute atomic E-state index is 0.0557. The quantitative estimate of drug-likeness (QED) is 0.747. The average Bonchev–Trinajstić information content (AvgIpc) is 3.08. The van der Waals surface area contributed by atoms with Crippen molar-refractivity contribution in [2.75, 3.05) is 0 Å². The Hall–Kier alpha value is -2.17. The van der Waals surface area contributed by atoms with Crippen molar-refractivity contribution in [1.29, 1.82) is 0 Å². The van der Waals surface area contributed by atoms with Gasteiger partial charge in [0.05, 0.1) is 11.7 Å². The molecule has 2 rings (SSSR count). The summed E-state index contributed by atoms with van der Waals surface area (Å²) in [7, 11) is 0. The van der Waals surface area contributed by atoms with Crippen LogP contribution in [0.1, 0.15) is 75.0 Å². The first-order valence-corrected chi connectivity index (χ1v) is 9.29. The standard InChI is InChI=1S/C20H30N4O/c1-5-7-11-16-12-9-10-13-17(16)19(25)21-20(3,4)18-15-24(23-22-18)14-8-6-2/h9-10,12-13,15H,5-8,11,14H2,1-4H3,(H,21,25). The lowest BCUT2D eigenvalue weighted by Gasteiger charge is -2.24. The zero-order valence-corrected chi connectivity index (χ0v) is 15.9. The molecule has 0 saturated heterocycles. The smallest absolute Gasteiger partial charge is 0.252 e. The fraction of sp³-hybridized carbons (Fsp3) is 0.550. The summed E-state index contributed by atoms with van der Waals surface area (Å²) in [5.74, 6) is -0.0557. The van der Waals surface area contributed by atoms with Crippen molar-refractivity contribution in [1.82, 2.24) is 20.3 Å². The number of hydrogen-bond acceptors (Lipinski definition) is 3. The zero-order valence-electron chi connectivity index (χ0n) is 15.9. The lowest BCUT2D eigenvalue weighted by molar-refractivity contribution is 0.0909. The first-order chi connectivity index (χ1) is 12.0. The molecule has 2 aromatic rings. The van der Waals surface area contributed by atoms with E-state index in [-0.39, 0.29) is 5.91 Å². The summed E-state index contributed by atoms with van der Waals surface area (Å²) in [6.07, 6.45) is 7.23. The van der Waals surface area contributed by atoms with Gasteiger partial charge in [-0.25, -0.2) is 0 Å². The van der Waals surface area contributed by atoms with Crippen LogP contribution in [-0.2, 0) is 18.5 Å². The van der Waals surface area contributed by atoms with E-state index in [2.05, 4.69) is 29.5 Å². The predicted molar refractivity (Wildman–Crippen MR) is 100 cm³/mol. The van der Waals surface area contributed by atoms with Crippen LogP contribution in [0, 0.1) is 0 Å². The maximum absolute atomic E-state index is 12.8. The number of nitrogens with zero attached hydrogens (tertiary/aromatic N) is 3. The molecule has 1 heterocycles. The maximum Gasteiger partial charge on any atom is 0.252 e. The fourth-order valence-corrected chi connectivity index (χ4v) is 2.76. The Kier molecular flexibility index (Phi) is 6.73. The van der Waals surface area contributed by atoms with Crippen LogP contribution >= 0.6 is 0 Å². The summed E-state index contributed by atoms with van der Waals surface area (Å²) in [4.78, 5) is 12.8. The average molecular weight is 342 g/mol. The Balaban J connectivity index is 2.12. The van der Waals surface area contributed by atoms with Crippen molar-refractivity contribution in [3.8, 4) is 0 Å². The molecule has 25 heavy (non-hydrogen) atoms. The van der Waals surface area contributed by atoms with Crippen LogP contribution in [0.3, 0.4) is 0 Å². The first kappa shape index (κ1) is 19.2. The molecule has 1 amide bonds. The van der Waals surface area contributed by atoms with Crippen molar-refractivity contribution < 1.29 is 4.79 Å². The highest BCUT2D eigenvalue weighted by molar-refractivity contribution is 5.96. The highest BCUT2D eigenvalue weighted by Gasteiger charge is 2.27. The third kappa shape index (κ3) is 5.15. The Morgan fingerprint density at radius 3 is 2.60 bits per heavy atom. The molecule has 0 aliphatic rings. The van der Waals surface area contributed by atoms with Crippen LogP contribution in [0.4, 0.5) is 0 Å². The molecule has 0 atom stereocenters. The van der Waals surface area contributed by atoms with E-state index in [1.54, 1.807) is 0 Å². The molecule has 5 heteroatoms. The van der Waals surface area contributed by atoms with Gasteiger partial charge in [-0.2, -0.15) is 0 Å². The fourth-order valence-electron chi connectivity index (χ4n) is 2.76. The summed E-state index contributed by atoms with van der Waals surface area (Å²) in [5, 5.41) is 11.6. The van der Waals surface area contributed by atoms with Gasteiger partial charge in [0.25, 0.3) is 5.91 Å². The van der Waals surface area contributed by atoms with Crippen LogP contribution in [0.5, 0.6) is 0 Å². The minimum atomic E-state index is -0.570. The lowest BCUT2D eigenvalue weighted by Crippen LogP contribution is -2.41. The van der Waals surface area contributed by atoms with Crippen molar-refractivity contribution in [2.45, 2.75) is 71.9 Å². The second-order valence-electron chi connectivity index (χ2n) is 7.06. The van der Waals surface area contributed by atoms with E-state index in [0.717, 1.165) is 55.5 Å². The Bertz CT molecular complexity index is 691. The zero-order chi connectivity index (χ0) is 18.3. The van der Waals surface area contributed by atoms with E-state index < -0.39 is 5.54 Å². The Morgan fingerprint density at radius 2 is 1.88 bits per heavy atom. The van der Waals surface area contributed by atoms with Gasteiger partial charge in [-0.3, -0.25) is 9.48 Å². The molecule has 0 bridgehead atoms. The van der Waals surface area contributed by atoms with Gasteiger partial charge in [0.2, 0.25) is 0 Å². The van der Waals surface area contributed by atoms with Crippen LogP contribution in [0.2, 0.25) is 0 Å². The Morgan fingerprint density at radius 1 is 1.16 bits per heavy atom. The van der Waals surface area contributed by atoms with Gasteiger partial charge < -0.3 is 5.32 Å². The number of hydrogen-bond donors (Lipinski definition) is 1. The van der Waals surface area contributed by atoms with E-state index in [0.29, 0.717) is 0 Å². The van der Waals surface area contributed by atoms with Crippen molar-refractivity contribution in [3.05, 3.63) is 47.3 Å². The predicted octanol–water partition coefficient (Wildman–Crippen LogP) is 4.09. The van der Waals surface area contributed by atoms with Crippen LogP contribution in [0.25, 0.3) is 0 Å². The summed E-state index contributed by atoms with van der Waals surface area (Å²) < 4.78 is 1.85. The molecular weight excluding hydrogens is 312 g/mol. The van der Waals surface area contributed by atoms with Crippen LogP contribution < -0.4 is 5.32 Å². The van der Waals surface area contributed by atoms with Crippen LogP contribution in [-0.4, -0.2) is 20.9 Å². The lowest BCUT2D eigenvalue weighted by atomic mass is 9.98.